The van der Waals surface area contributed by atoms with Crippen molar-refractivity contribution in [2.75, 3.05) is 6.54 Å². The van der Waals surface area contributed by atoms with Crippen LogP contribution in [0.1, 0.15) is 23.6 Å². The number of benzene rings is 2. The number of carboxylic acids is 1. The van der Waals surface area contributed by atoms with Crippen LogP contribution in [0, 0.1) is 5.41 Å². The van der Waals surface area contributed by atoms with E-state index in [1.807, 2.05) is 0 Å². The third-order valence-electron chi connectivity index (χ3n) is 5.47. The van der Waals surface area contributed by atoms with E-state index in [4.69, 9.17) is 15.9 Å². The van der Waals surface area contributed by atoms with Gasteiger partial charge in [-0.2, -0.15) is 5.01 Å². The summed E-state index contributed by atoms with van der Waals surface area (Å²) in [7, 11) is 0. The molecule has 37 heavy (non-hydrogen) atoms. The van der Waals surface area contributed by atoms with Gasteiger partial charge in [-0.1, -0.05) is 54.6 Å². The van der Waals surface area contributed by atoms with Gasteiger partial charge in [0.2, 0.25) is 5.91 Å². The molecule has 2 aromatic rings. The summed E-state index contributed by atoms with van der Waals surface area (Å²) in [5, 5.41) is 22.8. The van der Waals surface area contributed by atoms with Gasteiger partial charge in [0.1, 0.15) is 24.5 Å². The van der Waals surface area contributed by atoms with Crippen LogP contribution in [0.15, 0.2) is 54.6 Å². The standard InChI is InChI=1S/C24H26N6O7/c1-14(31)29(12-19(22(33)34)28-24(36)37-13-16-5-3-2-4-6-16)30-21(32)18(27-23(30)35)11-15-7-9-17(10-8-15)20(25)26/h2-10,18-19H,11-13H2,1H3,(H3,25,26)(H,27,35)(H,28,36)(H,33,34). The molecule has 2 aromatic carbocycles. The van der Waals surface area contributed by atoms with Gasteiger partial charge in [-0.3, -0.25) is 15.0 Å². The Morgan fingerprint density at radius 3 is 2.35 bits per heavy atom. The van der Waals surface area contributed by atoms with Crippen LogP contribution in [0.2, 0.25) is 0 Å². The molecule has 1 fully saturated rings. The predicted octanol–water partition coefficient (Wildman–Crippen LogP) is 0.577. The number of carbonyl (C=O) groups excluding carboxylic acids is 4. The Morgan fingerprint density at radius 2 is 1.78 bits per heavy atom. The number of alkyl carbamates (subject to hydrolysis) is 1. The first-order valence-electron chi connectivity index (χ1n) is 11.1. The van der Waals surface area contributed by atoms with Gasteiger partial charge in [-0.25, -0.2) is 19.4 Å². The smallest absolute Gasteiger partial charge is 0.408 e. The van der Waals surface area contributed by atoms with Crippen molar-refractivity contribution in [3.05, 3.63) is 71.3 Å². The van der Waals surface area contributed by atoms with Crippen LogP contribution < -0.4 is 16.4 Å². The first-order valence-corrected chi connectivity index (χ1v) is 11.1. The van der Waals surface area contributed by atoms with Gasteiger partial charge in [-0.15, -0.1) is 0 Å². The number of ether oxygens (including phenoxy) is 1. The fourth-order valence-corrected chi connectivity index (χ4v) is 3.56. The molecule has 0 spiro atoms. The maximum absolute atomic E-state index is 13.0. The van der Waals surface area contributed by atoms with Crippen molar-refractivity contribution in [1.82, 2.24) is 20.7 Å². The van der Waals surface area contributed by atoms with Gasteiger partial charge >= 0.3 is 18.1 Å². The molecule has 5 amide bonds. The number of hydrazine groups is 1. The summed E-state index contributed by atoms with van der Waals surface area (Å²) in [6, 6.07) is 11.6. The molecule has 1 heterocycles. The van der Waals surface area contributed by atoms with Crippen molar-refractivity contribution >= 4 is 35.7 Å². The molecule has 0 aromatic heterocycles. The molecule has 0 bridgehead atoms. The number of amidine groups is 1. The van der Waals surface area contributed by atoms with Crippen LogP contribution in [0.3, 0.4) is 0 Å². The SMILES string of the molecule is CC(=O)N(CC(NC(=O)OCc1ccccc1)C(=O)O)N1C(=O)NC(Cc2ccc(C(=N)N)cc2)C1=O. The van der Waals surface area contributed by atoms with Crippen LogP contribution in [0.25, 0.3) is 0 Å². The average Bonchev–Trinajstić information content (AvgIpc) is 3.13. The Morgan fingerprint density at radius 1 is 1.14 bits per heavy atom. The quantitative estimate of drug-likeness (QED) is 0.174. The number of hydrogen-bond donors (Lipinski definition) is 5. The molecular formula is C24H26N6O7. The number of nitrogens with one attached hydrogen (secondary N) is 3. The van der Waals surface area contributed by atoms with E-state index in [0.717, 1.165) is 6.92 Å². The molecule has 0 saturated carbocycles. The molecule has 13 nitrogen and oxygen atoms in total. The molecule has 1 aliphatic heterocycles. The number of carbonyl (C=O) groups is 5. The van der Waals surface area contributed by atoms with Gasteiger partial charge in [0.25, 0.3) is 5.91 Å². The zero-order valence-corrected chi connectivity index (χ0v) is 19.8. The molecular weight excluding hydrogens is 484 g/mol. The molecule has 2 atom stereocenters. The molecule has 1 saturated heterocycles. The summed E-state index contributed by atoms with van der Waals surface area (Å²) in [5.74, 6) is -3.19. The van der Waals surface area contributed by atoms with Gasteiger partial charge < -0.3 is 26.2 Å². The van der Waals surface area contributed by atoms with E-state index in [0.29, 0.717) is 26.7 Å². The summed E-state index contributed by atoms with van der Waals surface area (Å²) < 4.78 is 5.03. The Balaban J connectivity index is 1.67. The third kappa shape index (κ3) is 6.81. The van der Waals surface area contributed by atoms with Gasteiger partial charge in [0, 0.05) is 18.9 Å². The molecule has 1 aliphatic rings. The maximum Gasteiger partial charge on any atom is 0.408 e. The predicted molar refractivity (Wildman–Crippen MR) is 129 cm³/mol. The second-order valence-corrected chi connectivity index (χ2v) is 8.16. The number of urea groups is 1. The molecule has 6 N–H and O–H groups in total. The van der Waals surface area contributed by atoms with E-state index in [-0.39, 0.29) is 18.9 Å². The topological polar surface area (TPSA) is 195 Å². The Bertz CT molecular complexity index is 1200. The average molecular weight is 511 g/mol. The largest absolute Gasteiger partial charge is 0.480 e. The van der Waals surface area contributed by atoms with E-state index < -0.39 is 48.5 Å². The number of nitrogen functional groups attached to an aromatic ring is 1. The van der Waals surface area contributed by atoms with Gasteiger partial charge in [0.05, 0.1) is 6.54 Å². The lowest BCUT2D eigenvalue weighted by Gasteiger charge is -2.30. The van der Waals surface area contributed by atoms with Crippen LogP contribution in [-0.4, -0.2) is 69.5 Å². The molecule has 13 heteroatoms. The fourth-order valence-electron chi connectivity index (χ4n) is 3.56. The van der Waals surface area contributed by atoms with Crippen LogP contribution >= 0.6 is 0 Å². The summed E-state index contributed by atoms with van der Waals surface area (Å²) in [6.07, 6.45) is -0.971. The van der Waals surface area contributed by atoms with E-state index in [2.05, 4.69) is 10.6 Å². The number of nitrogens with zero attached hydrogens (tertiary/aromatic N) is 2. The lowest BCUT2D eigenvalue weighted by atomic mass is 10.0. The Kier molecular flexibility index (Phi) is 8.40. The Hall–Kier alpha value is -4.94. The van der Waals surface area contributed by atoms with Gasteiger partial charge in [-0.05, 0) is 11.1 Å². The number of carboxylic acid groups (broad SMARTS) is 1. The highest BCUT2D eigenvalue weighted by atomic mass is 16.5. The van der Waals surface area contributed by atoms with E-state index in [1.165, 1.54) is 0 Å². The summed E-state index contributed by atoms with van der Waals surface area (Å²) in [5.41, 5.74) is 7.26. The monoisotopic (exact) mass is 510 g/mol. The fraction of sp³-hybridized carbons (Fsp3) is 0.250. The lowest BCUT2D eigenvalue weighted by Crippen LogP contribution is -2.57. The summed E-state index contributed by atoms with van der Waals surface area (Å²) in [6.45, 7) is 0.239. The second-order valence-electron chi connectivity index (χ2n) is 8.16. The van der Waals surface area contributed by atoms with Crippen molar-refractivity contribution < 1.29 is 33.8 Å². The van der Waals surface area contributed by atoms with Crippen molar-refractivity contribution in [3.8, 4) is 0 Å². The number of hydrogen-bond acceptors (Lipinski definition) is 7. The summed E-state index contributed by atoms with van der Waals surface area (Å²) in [4.78, 5) is 61.9. The minimum Gasteiger partial charge on any atom is -0.480 e. The summed E-state index contributed by atoms with van der Waals surface area (Å²) >= 11 is 0. The highest BCUT2D eigenvalue weighted by molar-refractivity contribution is 6.05. The van der Waals surface area contributed by atoms with Gasteiger partial charge in [0.15, 0.2) is 0 Å². The van der Waals surface area contributed by atoms with Crippen LogP contribution in [0.4, 0.5) is 9.59 Å². The second kappa shape index (κ2) is 11.7. The maximum atomic E-state index is 13.0. The number of amides is 5. The van der Waals surface area contributed by atoms with Crippen molar-refractivity contribution in [3.63, 3.8) is 0 Å². The van der Waals surface area contributed by atoms with E-state index in [1.54, 1.807) is 54.6 Å². The highest BCUT2D eigenvalue weighted by Crippen LogP contribution is 2.16. The highest BCUT2D eigenvalue weighted by Gasteiger charge is 2.44. The van der Waals surface area contributed by atoms with Crippen molar-refractivity contribution in [2.24, 2.45) is 5.73 Å². The first-order chi connectivity index (χ1) is 17.6. The zero-order chi connectivity index (χ0) is 27.1. The van der Waals surface area contributed by atoms with E-state index in [9.17, 15) is 29.1 Å². The van der Waals surface area contributed by atoms with Crippen molar-refractivity contribution in [1.29, 1.82) is 5.41 Å². The zero-order valence-electron chi connectivity index (χ0n) is 19.8. The van der Waals surface area contributed by atoms with E-state index >= 15 is 0 Å². The Labute approximate surface area is 211 Å². The molecule has 0 aliphatic carbocycles. The first kappa shape index (κ1) is 26.7. The number of nitrogens with two attached hydrogens (primary N) is 1. The van der Waals surface area contributed by atoms with Crippen LogP contribution in [-0.2, 0) is 32.1 Å². The number of rotatable bonds is 10. The third-order valence-corrected chi connectivity index (χ3v) is 5.47. The molecule has 0 radical (unpaired) electrons. The molecule has 3 rings (SSSR count). The molecule has 194 valence electrons. The minimum atomic E-state index is -1.68. The normalized spacial score (nSPS) is 15.5. The van der Waals surface area contributed by atoms with Crippen LogP contribution in [0.5, 0.6) is 0 Å². The lowest BCUT2D eigenvalue weighted by molar-refractivity contribution is -0.156. The number of imide groups is 1. The van der Waals surface area contributed by atoms with Crippen molar-refractivity contribution in [2.45, 2.75) is 32.0 Å². The minimum absolute atomic E-state index is 0.0808. The number of aliphatic carboxylic acids is 1. The molecule has 2 unspecified atom stereocenters.